The second kappa shape index (κ2) is 12.4. The van der Waals surface area contributed by atoms with Crippen LogP contribution in [0.2, 0.25) is 0 Å². The lowest BCUT2D eigenvalue weighted by Gasteiger charge is -2.11. The maximum absolute atomic E-state index is 13.0. The molecule has 9 nitrogen and oxygen atoms in total. The third-order valence-electron chi connectivity index (χ3n) is 5.50. The van der Waals surface area contributed by atoms with Crippen molar-refractivity contribution in [1.29, 1.82) is 0 Å². The van der Waals surface area contributed by atoms with Crippen LogP contribution in [-0.4, -0.2) is 52.3 Å². The molecule has 0 aliphatic heterocycles. The molecule has 0 fully saturated rings. The molecule has 0 spiro atoms. The quantitative estimate of drug-likeness (QED) is 0.276. The Morgan fingerprint density at radius 3 is 2.42 bits per heavy atom. The Bertz CT molecular complexity index is 1440. The van der Waals surface area contributed by atoms with E-state index in [0.29, 0.717) is 29.4 Å². The van der Waals surface area contributed by atoms with Gasteiger partial charge in [0, 0.05) is 59.4 Å². The number of nitrogens with one attached hydrogen (secondary N) is 3. The van der Waals surface area contributed by atoms with E-state index in [1.54, 1.807) is 55.0 Å². The number of rotatable bonds is 9. The third kappa shape index (κ3) is 7.31. The number of anilines is 4. The van der Waals surface area contributed by atoms with Gasteiger partial charge in [0.1, 0.15) is 0 Å². The second-order valence-corrected chi connectivity index (χ2v) is 8.85. The minimum atomic E-state index is -0.269. The van der Waals surface area contributed by atoms with Crippen LogP contribution in [0.15, 0.2) is 91.4 Å². The molecule has 4 rings (SSSR count). The first kappa shape index (κ1) is 26.2. The molecule has 4 aromatic rings. The number of carbonyl (C=O) groups is 2. The maximum Gasteiger partial charge on any atom is 0.256 e. The highest BCUT2D eigenvalue weighted by molar-refractivity contribution is 6.07. The van der Waals surface area contributed by atoms with Crippen LogP contribution >= 0.6 is 0 Å². The van der Waals surface area contributed by atoms with Crippen molar-refractivity contribution < 1.29 is 9.59 Å². The number of pyridine rings is 1. The summed E-state index contributed by atoms with van der Waals surface area (Å²) in [6.45, 7) is 2.51. The minimum Gasteiger partial charge on any atom is -0.324 e. The van der Waals surface area contributed by atoms with Crippen LogP contribution in [0.4, 0.5) is 23.0 Å². The lowest BCUT2D eigenvalue weighted by atomic mass is 10.1. The van der Waals surface area contributed by atoms with Gasteiger partial charge in [-0.3, -0.25) is 14.6 Å². The van der Waals surface area contributed by atoms with Crippen molar-refractivity contribution in [2.24, 2.45) is 0 Å². The smallest absolute Gasteiger partial charge is 0.256 e. The molecular weight excluding hydrogens is 478 g/mol. The summed E-state index contributed by atoms with van der Waals surface area (Å²) in [5.74, 6) is -0.0655. The van der Waals surface area contributed by atoms with Crippen LogP contribution < -0.4 is 16.0 Å². The van der Waals surface area contributed by atoms with Gasteiger partial charge in [-0.1, -0.05) is 12.1 Å². The Morgan fingerprint density at radius 2 is 1.68 bits per heavy atom. The molecule has 0 saturated carbocycles. The van der Waals surface area contributed by atoms with E-state index in [2.05, 4.69) is 30.9 Å². The van der Waals surface area contributed by atoms with Crippen LogP contribution in [0.5, 0.6) is 0 Å². The Morgan fingerprint density at radius 1 is 0.921 bits per heavy atom. The van der Waals surface area contributed by atoms with E-state index in [1.807, 2.05) is 56.3 Å². The predicted octanol–water partition coefficient (Wildman–Crippen LogP) is 4.90. The van der Waals surface area contributed by atoms with Crippen molar-refractivity contribution in [3.63, 3.8) is 0 Å². The summed E-state index contributed by atoms with van der Waals surface area (Å²) in [5.41, 5.74) is 4.89. The van der Waals surface area contributed by atoms with Gasteiger partial charge in [0.15, 0.2) is 0 Å². The first-order valence-electron chi connectivity index (χ1n) is 12.0. The van der Waals surface area contributed by atoms with Crippen LogP contribution in [0.1, 0.15) is 15.9 Å². The average molecular weight is 508 g/mol. The molecular formula is C29H29N7O2. The first-order valence-corrected chi connectivity index (χ1v) is 12.0. The monoisotopic (exact) mass is 507 g/mol. The van der Waals surface area contributed by atoms with Gasteiger partial charge < -0.3 is 20.9 Å². The molecule has 2 aromatic carbocycles. The van der Waals surface area contributed by atoms with Crippen LogP contribution in [0.3, 0.4) is 0 Å². The Hall–Kier alpha value is -4.89. The number of nitrogens with zero attached hydrogens (tertiary/aromatic N) is 4. The molecule has 0 radical (unpaired) electrons. The van der Waals surface area contributed by atoms with Gasteiger partial charge in [0.25, 0.3) is 5.91 Å². The summed E-state index contributed by atoms with van der Waals surface area (Å²) >= 11 is 0. The number of likely N-dealkylation sites (N-methyl/N-ethyl adjacent to an activating group) is 1. The van der Waals surface area contributed by atoms with Crippen molar-refractivity contribution in [2.45, 2.75) is 6.92 Å². The Labute approximate surface area is 221 Å². The number of hydrogen-bond donors (Lipinski definition) is 3. The highest BCUT2D eigenvalue weighted by Gasteiger charge is 2.12. The molecule has 2 aromatic heterocycles. The minimum absolute atomic E-state index is 0.250. The molecule has 0 bridgehead atoms. The fourth-order valence-electron chi connectivity index (χ4n) is 3.56. The van der Waals surface area contributed by atoms with Crippen LogP contribution in [0, 0.1) is 6.92 Å². The van der Waals surface area contributed by atoms with Gasteiger partial charge in [-0.15, -0.1) is 0 Å². The summed E-state index contributed by atoms with van der Waals surface area (Å²) in [5, 5.41) is 8.89. The van der Waals surface area contributed by atoms with E-state index < -0.39 is 0 Å². The number of amides is 2. The third-order valence-corrected chi connectivity index (χ3v) is 5.50. The molecule has 0 saturated heterocycles. The SMILES string of the molecule is Cc1ccc(NC(=O)C=CCN(C)C)cc1C(=O)Nc1ccc(Nc2nccc(-c3cccnc3)n2)cc1. The second-order valence-electron chi connectivity index (χ2n) is 8.85. The molecule has 0 aliphatic carbocycles. The largest absolute Gasteiger partial charge is 0.324 e. The molecule has 0 unspecified atom stereocenters. The zero-order valence-electron chi connectivity index (χ0n) is 21.5. The zero-order valence-corrected chi connectivity index (χ0v) is 21.5. The van der Waals surface area contributed by atoms with E-state index in [1.165, 1.54) is 6.08 Å². The normalized spacial score (nSPS) is 10.9. The maximum atomic E-state index is 13.0. The Kier molecular flexibility index (Phi) is 8.53. The number of hydrogen-bond acceptors (Lipinski definition) is 7. The molecule has 2 heterocycles. The van der Waals surface area contributed by atoms with Gasteiger partial charge >= 0.3 is 0 Å². The molecule has 38 heavy (non-hydrogen) atoms. The van der Waals surface area contributed by atoms with E-state index >= 15 is 0 Å². The van der Waals surface area contributed by atoms with Gasteiger partial charge in [-0.05, 0) is 81.2 Å². The van der Waals surface area contributed by atoms with Crippen molar-refractivity contribution in [3.05, 3.63) is 103 Å². The molecule has 192 valence electrons. The van der Waals surface area contributed by atoms with Gasteiger partial charge in [-0.2, -0.15) is 0 Å². The highest BCUT2D eigenvalue weighted by Crippen LogP contribution is 2.21. The van der Waals surface area contributed by atoms with E-state index in [-0.39, 0.29) is 11.8 Å². The van der Waals surface area contributed by atoms with Crippen molar-refractivity contribution in [3.8, 4) is 11.3 Å². The number of aryl methyl sites for hydroxylation is 1. The van der Waals surface area contributed by atoms with E-state index in [4.69, 9.17) is 0 Å². The molecule has 2 amide bonds. The lowest BCUT2D eigenvalue weighted by molar-refractivity contribution is -0.111. The fourth-order valence-corrected chi connectivity index (χ4v) is 3.56. The molecule has 3 N–H and O–H groups in total. The molecule has 9 heteroatoms. The summed E-state index contributed by atoms with van der Waals surface area (Å²) in [6.07, 6.45) is 8.41. The van der Waals surface area contributed by atoms with E-state index in [0.717, 1.165) is 22.5 Å². The number of aromatic nitrogens is 3. The first-order chi connectivity index (χ1) is 18.4. The van der Waals surface area contributed by atoms with Crippen LogP contribution in [0.25, 0.3) is 11.3 Å². The summed E-state index contributed by atoms with van der Waals surface area (Å²) in [7, 11) is 3.85. The predicted molar refractivity (Wildman–Crippen MR) is 150 cm³/mol. The number of carbonyl (C=O) groups excluding carboxylic acids is 2. The summed E-state index contributed by atoms with van der Waals surface area (Å²) < 4.78 is 0. The van der Waals surface area contributed by atoms with E-state index in [9.17, 15) is 9.59 Å². The van der Waals surface area contributed by atoms with Gasteiger partial charge in [0.05, 0.1) is 5.69 Å². The molecule has 0 aliphatic rings. The standard InChI is InChI=1S/C29H29N7O2/c1-20-8-9-24(32-27(37)7-5-17-36(2)3)18-25(20)28(38)33-22-10-12-23(13-11-22)34-29-31-16-14-26(35-29)21-6-4-15-30-19-21/h4-16,18-19H,17H2,1-3H3,(H,32,37)(H,33,38)(H,31,34,35). The van der Waals surface area contributed by atoms with Crippen LogP contribution in [-0.2, 0) is 4.79 Å². The van der Waals surface area contributed by atoms with Crippen molar-refractivity contribution >= 4 is 34.8 Å². The zero-order chi connectivity index (χ0) is 26.9. The van der Waals surface area contributed by atoms with Crippen molar-refractivity contribution in [1.82, 2.24) is 19.9 Å². The Balaban J connectivity index is 1.39. The fraction of sp³-hybridized carbons (Fsp3) is 0.138. The number of benzene rings is 2. The van der Waals surface area contributed by atoms with Gasteiger partial charge in [-0.25, -0.2) is 9.97 Å². The summed E-state index contributed by atoms with van der Waals surface area (Å²) in [6, 6.07) is 18.1. The molecule has 0 atom stereocenters. The lowest BCUT2D eigenvalue weighted by Crippen LogP contribution is -2.15. The van der Waals surface area contributed by atoms with Gasteiger partial charge in [0.2, 0.25) is 11.9 Å². The topological polar surface area (TPSA) is 112 Å². The van der Waals surface area contributed by atoms with Crippen molar-refractivity contribution in [2.75, 3.05) is 36.6 Å². The average Bonchev–Trinajstić information content (AvgIpc) is 2.91. The summed E-state index contributed by atoms with van der Waals surface area (Å²) in [4.78, 5) is 40.1. The highest BCUT2D eigenvalue weighted by atomic mass is 16.2.